The monoisotopic (exact) mass is 543 g/mol. The van der Waals surface area contributed by atoms with Crippen molar-refractivity contribution in [2.45, 2.75) is 31.3 Å². The lowest BCUT2D eigenvalue weighted by Crippen LogP contribution is -2.50. The van der Waals surface area contributed by atoms with E-state index in [1.165, 1.54) is 31.2 Å². The second kappa shape index (κ2) is 12.1. The third-order valence-electron chi connectivity index (χ3n) is 5.94. The Morgan fingerprint density at radius 3 is 2.32 bits per heavy atom. The van der Waals surface area contributed by atoms with Crippen LogP contribution >= 0.6 is 11.6 Å². The summed E-state index contributed by atoms with van der Waals surface area (Å²) in [7, 11) is -1.21. The zero-order valence-corrected chi connectivity index (χ0v) is 22.7. The Morgan fingerprint density at radius 1 is 1.03 bits per heavy atom. The number of carbonyl (C=O) groups is 2. The minimum absolute atomic E-state index is 0.0175. The highest BCUT2D eigenvalue weighted by Gasteiger charge is 2.32. The summed E-state index contributed by atoms with van der Waals surface area (Å²) in [6.45, 7) is 2.91. The highest BCUT2D eigenvalue weighted by Crippen LogP contribution is 2.28. The van der Waals surface area contributed by atoms with Gasteiger partial charge in [-0.3, -0.25) is 13.9 Å². The maximum atomic E-state index is 13.8. The van der Waals surface area contributed by atoms with Crippen LogP contribution in [0.3, 0.4) is 0 Å². The number of benzene rings is 3. The molecule has 1 atom stereocenters. The summed E-state index contributed by atoms with van der Waals surface area (Å²) in [5.41, 5.74) is 1.77. The first kappa shape index (κ1) is 28.0. The van der Waals surface area contributed by atoms with E-state index in [2.05, 4.69) is 5.32 Å². The maximum absolute atomic E-state index is 13.8. The van der Waals surface area contributed by atoms with Crippen molar-refractivity contribution >= 4 is 39.1 Å². The first-order valence-electron chi connectivity index (χ1n) is 11.6. The average molecular weight is 544 g/mol. The summed E-state index contributed by atoms with van der Waals surface area (Å²) in [6.07, 6.45) is 0. The largest absolute Gasteiger partial charge is 0.497 e. The van der Waals surface area contributed by atoms with Crippen LogP contribution in [0.15, 0.2) is 77.7 Å². The fraction of sp³-hybridized carbons (Fsp3) is 0.259. The van der Waals surface area contributed by atoms with Gasteiger partial charge >= 0.3 is 0 Å². The van der Waals surface area contributed by atoms with Crippen LogP contribution in [-0.4, -0.2) is 51.9 Å². The molecule has 0 saturated heterocycles. The van der Waals surface area contributed by atoms with Gasteiger partial charge < -0.3 is 15.0 Å². The summed E-state index contributed by atoms with van der Waals surface area (Å²) in [5, 5.41) is 2.98. The third-order valence-corrected chi connectivity index (χ3v) is 8.10. The minimum Gasteiger partial charge on any atom is -0.497 e. The van der Waals surface area contributed by atoms with Crippen LogP contribution in [0.4, 0.5) is 5.69 Å². The molecule has 8 nitrogen and oxygen atoms in total. The molecule has 0 saturated carbocycles. The molecule has 0 aliphatic carbocycles. The fourth-order valence-electron chi connectivity index (χ4n) is 3.73. The molecule has 2 amide bonds. The van der Waals surface area contributed by atoms with E-state index in [1.807, 2.05) is 6.92 Å². The number of methoxy groups -OCH3 is 1. The highest BCUT2D eigenvalue weighted by molar-refractivity contribution is 7.92. The molecule has 196 valence electrons. The van der Waals surface area contributed by atoms with Crippen LogP contribution in [-0.2, 0) is 26.2 Å². The number of likely N-dealkylation sites (N-methyl/N-ethyl adjacent to an activating group) is 1. The normalized spacial score (nSPS) is 11.9. The summed E-state index contributed by atoms with van der Waals surface area (Å²) in [6, 6.07) is 18.9. The predicted octanol–water partition coefficient (Wildman–Crippen LogP) is 4.02. The average Bonchev–Trinajstić information content (AvgIpc) is 2.90. The molecule has 0 radical (unpaired) electrons. The van der Waals surface area contributed by atoms with Gasteiger partial charge in [-0.15, -0.1) is 0 Å². The molecule has 0 aromatic heterocycles. The number of ether oxygens (including phenoxy) is 1. The standard InChI is InChI=1S/C27H30ClN3O5S/c1-19-12-14-24(15-13-19)37(34,35)31(22-9-7-10-23(16-22)36-4)18-26(32)30(20(2)27(33)29-3)17-21-8-5-6-11-25(21)28/h5-16,20H,17-18H2,1-4H3,(H,29,33). The number of carbonyl (C=O) groups excluding carboxylic acids is 2. The van der Waals surface area contributed by atoms with Crippen LogP contribution in [0.5, 0.6) is 5.75 Å². The quantitative estimate of drug-likeness (QED) is 0.417. The molecule has 3 aromatic carbocycles. The molecular formula is C27H30ClN3O5S. The van der Waals surface area contributed by atoms with Crippen molar-refractivity contribution < 1.29 is 22.7 Å². The lowest BCUT2D eigenvalue weighted by atomic mass is 10.1. The van der Waals surface area contributed by atoms with Crippen LogP contribution in [0.1, 0.15) is 18.1 Å². The second-order valence-corrected chi connectivity index (χ2v) is 10.7. The van der Waals surface area contributed by atoms with Gasteiger partial charge in [0.2, 0.25) is 11.8 Å². The molecule has 0 spiro atoms. The van der Waals surface area contributed by atoms with Crippen molar-refractivity contribution in [1.82, 2.24) is 10.2 Å². The maximum Gasteiger partial charge on any atom is 0.264 e. The van der Waals surface area contributed by atoms with E-state index < -0.39 is 34.4 Å². The Labute approximate surface area is 222 Å². The topological polar surface area (TPSA) is 96.0 Å². The van der Waals surface area contributed by atoms with Gasteiger partial charge in [0.15, 0.2) is 0 Å². The zero-order chi connectivity index (χ0) is 27.2. The highest BCUT2D eigenvalue weighted by atomic mass is 35.5. The number of rotatable bonds is 10. The van der Waals surface area contributed by atoms with Gasteiger partial charge in [-0.2, -0.15) is 0 Å². The number of amides is 2. The van der Waals surface area contributed by atoms with E-state index in [-0.39, 0.29) is 17.1 Å². The SMILES string of the molecule is CNC(=O)C(C)N(Cc1ccccc1Cl)C(=O)CN(c1cccc(OC)c1)S(=O)(=O)c1ccc(C)cc1. The van der Waals surface area contributed by atoms with Crippen molar-refractivity contribution in [3.05, 3.63) is 88.9 Å². The molecule has 3 rings (SSSR count). The van der Waals surface area contributed by atoms with Gasteiger partial charge in [0.05, 0.1) is 17.7 Å². The number of anilines is 1. The lowest BCUT2D eigenvalue weighted by molar-refractivity contribution is -0.139. The second-order valence-electron chi connectivity index (χ2n) is 8.43. The number of hydrogen-bond acceptors (Lipinski definition) is 5. The molecule has 37 heavy (non-hydrogen) atoms. The molecular weight excluding hydrogens is 514 g/mol. The van der Waals surface area contributed by atoms with E-state index in [0.717, 1.165) is 9.87 Å². The first-order valence-corrected chi connectivity index (χ1v) is 13.4. The fourth-order valence-corrected chi connectivity index (χ4v) is 5.33. The number of nitrogens with zero attached hydrogens (tertiary/aromatic N) is 2. The number of sulfonamides is 1. The third kappa shape index (κ3) is 6.61. The Kier molecular flexibility index (Phi) is 9.18. The molecule has 1 N–H and O–H groups in total. The van der Waals surface area contributed by atoms with Crippen molar-refractivity contribution in [2.24, 2.45) is 0 Å². The molecule has 0 fully saturated rings. The van der Waals surface area contributed by atoms with Gasteiger partial charge in [-0.05, 0) is 49.7 Å². The van der Waals surface area contributed by atoms with Crippen LogP contribution in [0.2, 0.25) is 5.02 Å². The van der Waals surface area contributed by atoms with Crippen molar-refractivity contribution in [3.8, 4) is 5.75 Å². The van der Waals surface area contributed by atoms with Gasteiger partial charge in [0, 0.05) is 24.7 Å². The van der Waals surface area contributed by atoms with Crippen LogP contribution < -0.4 is 14.4 Å². The Hall–Kier alpha value is -3.56. The van der Waals surface area contributed by atoms with E-state index in [1.54, 1.807) is 67.6 Å². The predicted molar refractivity (Wildman–Crippen MR) is 144 cm³/mol. The Balaban J connectivity index is 2.06. The van der Waals surface area contributed by atoms with Gasteiger partial charge in [0.1, 0.15) is 18.3 Å². The molecule has 3 aromatic rings. The summed E-state index contributed by atoms with van der Waals surface area (Å²) < 4.78 is 33.9. The Morgan fingerprint density at radius 2 is 1.70 bits per heavy atom. The number of nitrogens with one attached hydrogen (secondary N) is 1. The summed E-state index contributed by atoms with van der Waals surface area (Å²) >= 11 is 6.33. The first-order chi connectivity index (χ1) is 17.6. The van der Waals surface area contributed by atoms with Crippen LogP contribution in [0, 0.1) is 6.92 Å². The molecule has 0 aliphatic rings. The lowest BCUT2D eigenvalue weighted by Gasteiger charge is -2.32. The number of hydrogen-bond donors (Lipinski definition) is 1. The molecule has 0 bridgehead atoms. The number of aryl methyl sites for hydroxylation is 1. The molecule has 10 heteroatoms. The van der Waals surface area contributed by atoms with E-state index in [0.29, 0.717) is 16.3 Å². The van der Waals surface area contributed by atoms with Crippen molar-refractivity contribution in [1.29, 1.82) is 0 Å². The molecule has 0 heterocycles. The number of halogens is 1. The van der Waals surface area contributed by atoms with Crippen molar-refractivity contribution in [3.63, 3.8) is 0 Å². The van der Waals surface area contributed by atoms with E-state index in [9.17, 15) is 18.0 Å². The van der Waals surface area contributed by atoms with E-state index >= 15 is 0 Å². The van der Waals surface area contributed by atoms with E-state index in [4.69, 9.17) is 16.3 Å². The Bertz CT molecular complexity index is 1360. The minimum atomic E-state index is -4.15. The molecule has 1 unspecified atom stereocenters. The zero-order valence-electron chi connectivity index (χ0n) is 21.1. The summed E-state index contributed by atoms with van der Waals surface area (Å²) in [4.78, 5) is 27.6. The summed E-state index contributed by atoms with van der Waals surface area (Å²) in [5.74, 6) is -0.537. The van der Waals surface area contributed by atoms with Gasteiger partial charge in [0.25, 0.3) is 10.0 Å². The van der Waals surface area contributed by atoms with Gasteiger partial charge in [-0.1, -0.05) is 53.6 Å². The van der Waals surface area contributed by atoms with Crippen LogP contribution in [0.25, 0.3) is 0 Å². The van der Waals surface area contributed by atoms with Crippen molar-refractivity contribution in [2.75, 3.05) is 25.0 Å². The smallest absolute Gasteiger partial charge is 0.264 e. The van der Waals surface area contributed by atoms with Gasteiger partial charge in [-0.25, -0.2) is 8.42 Å². The molecule has 0 aliphatic heterocycles.